The summed E-state index contributed by atoms with van der Waals surface area (Å²) in [6.07, 6.45) is 6.18. The molecule has 1 saturated carbocycles. The van der Waals surface area contributed by atoms with E-state index in [1.54, 1.807) is 32.6 Å². The second kappa shape index (κ2) is 8.21. The number of carbonyl (C=O) groups is 1. The number of pyridine rings is 3. The first kappa shape index (κ1) is 24.5. The molecular weight excluding hydrogens is 520 g/mol. The van der Waals surface area contributed by atoms with Crippen molar-refractivity contribution in [1.82, 2.24) is 19.5 Å². The van der Waals surface area contributed by atoms with E-state index in [1.165, 1.54) is 10.8 Å². The Bertz CT molecular complexity index is 1990. The van der Waals surface area contributed by atoms with E-state index < -0.39 is 23.0 Å². The van der Waals surface area contributed by atoms with E-state index >= 15 is 4.39 Å². The molecular formula is C28H25F2N7O3. The van der Waals surface area contributed by atoms with Gasteiger partial charge in [-0.25, -0.2) is 23.5 Å². The highest BCUT2D eigenvalue weighted by Gasteiger charge is 2.56. The number of aromatic carboxylic acids is 1. The highest BCUT2D eigenvalue weighted by molar-refractivity contribution is 6.18. The third kappa shape index (κ3) is 3.28. The summed E-state index contributed by atoms with van der Waals surface area (Å²) in [6.45, 7) is 1.28. The molecule has 40 heavy (non-hydrogen) atoms. The number of nitrogens with zero attached hydrogens (tertiary/aromatic N) is 4. The number of anilines is 2. The van der Waals surface area contributed by atoms with Crippen LogP contribution in [0.2, 0.25) is 0 Å². The van der Waals surface area contributed by atoms with Gasteiger partial charge in [0.15, 0.2) is 11.6 Å². The molecule has 2 aliphatic rings. The van der Waals surface area contributed by atoms with Gasteiger partial charge in [-0.3, -0.25) is 4.79 Å². The minimum Gasteiger partial charge on any atom is -0.477 e. The third-order valence-corrected chi connectivity index (χ3v) is 8.54. The number of H-pyrrole nitrogens is 1. The van der Waals surface area contributed by atoms with Crippen LogP contribution in [-0.2, 0) is 7.05 Å². The fraction of sp³-hybridized carbons (Fsp3) is 0.286. The van der Waals surface area contributed by atoms with Gasteiger partial charge in [-0.2, -0.15) is 0 Å². The Kier molecular flexibility index (Phi) is 5.02. The van der Waals surface area contributed by atoms with Gasteiger partial charge >= 0.3 is 5.97 Å². The van der Waals surface area contributed by atoms with Gasteiger partial charge in [0.1, 0.15) is 16.9 Å². The molecule has 1 saturated heterocycles. The molecule has 4 aromatic heterocycles. The summed E-state index contributed by atoms with van der Waals surface area (Å²) in [7, 11) is 3.24. The molecule has 1 aliphatic carbocycles. The van der Waals surface area contributed by atoms with Crippen molar-refractivity contribution in [3.63, 3.8) is 0 Å². The molecule has 1 aliphatic heterocycles. The summed E-state index contributed by atoms with van der Waals surface area (Å²) in [5.41, 5.74) is 8.39. The number of carboxylic acid groups (broad SMARTS) is 1. The van der Waals surface area contributed by atoms with Crippen LogP contribution in [0.25, 0.3) is 44.1 Å². The average Bonchev–Trinajstić information content (AvgIpc) is 3.25. The number of nitrogens with two attached hydrogens (primary N) is 1. The first-order valence-corrected chi connectivity index (χ1v) is 12.9. The molecule has 2 fully saturated rings. The van der Waals surface area contributed by atoms with Crippen LogP contribution in [-0.4, -0.2) is 56.8 Å². The molecule has 0 radical (unpaired) electrons. The van der Waals surface area contributed by atoms with E-state index in [4.69, 9.17) is 5.73 Å². The molecule has 7 rings (SSSR count). The lowest BCUT2D eigenvalue weighted by molar-refractivity contribution is 0.0695. The number of benzene rings is 1. The Morgan fingerprint density at radius 1 is 1.25 bits per heavy atom. The molecule has 5 heterocycles. The number of aryl methyl sites for hydroxylation is 1. The Balaban J connectivity index is 1.56. The third-order valence-electron chi connectivity index (χ3n) is 8.54. The quantitative estimate of drug-likeness (QED) is 0.269. The van der Waals surface area contributed by atoms with Crippen molar-refractivity contribution in [2.24, 2.45) is 18.2 Å². The monoisotopic (exact) mass is 545 g/mol. The fourth-order valence-electron chi connectivity index (χ4n) is 6.28. The lowest BCUT2D eigenvalue weighted by Crippen LogP contribution is -2.24. The Labute approximate surface area is 225 Å². The summed E-state index contributed by atoms with van der Waals surface area (Å²) in [5.74, 6) is -3.32. The van der Waals surface area contributed by atoms with Crippen molar-refractivity contribution in [1.29, 1.82) is 0 Å². The zero-order valence-corrected chi connectivity index (χ0v) is 21.7. The normalized spacial score (nSPS) is 20.3. The number of hydrogen-bond acceptors (Lipinski definition) is 7. The standard InChI is InChI=1S/C28H25F2N7O3/c1-32-17-6-16(29)21(30)19-20-23(37-4-3-28(11-37)7-18(28)31)14(9-33-25(20)35-22(17)19)12-5-13-24(38)15(27(39)40)10-36(2)26(13)34-8-12/h5-6,8-10,18,32H,3-4,7,11,31H2,1-2H3,(H,33,35)(H,39,40)/t18-,28-/m1/s1. The van der Waals surface area contributed by atoms with Crippen LogP contribution >= 0.6 is 0 Å². The number of aromatic amines is 1. The molecule has 204 valence electrons. The van der Waals surface area contributed by atoms with Gasteiger partial charge in [0.25, 0.3) is 0 Å². The van der Waals surface area contributed by atoms with E-state index in [9.17, 15) is 19.1 Å². The van der Waals surface area contributed by atoms with E-state index in [-0.39, 0.29) is 27.8 Å². The fourth-order valence-corrected chi connectivity index (χ4v) is 6.28. The first-order valence-electron chi connectivity index (χ1n) is 12.9. The van der Waals surface area contributed by atoms with E-state index in [0.29, 0.717) is 57.8 Å². The molecule has 0 bridgehead atoms. The second-order valence-electron chi connectivity index (χ2n) is 10.8. The van der Waals surface area contributed by atoms with Crippen molar-refractivity contribution < 1.29 is 18.7 Å². The Hall–Kier alpha value is -4.58. The van der Waals surface area contributed by atoms with Gasteiger partial charge in [0.2, 0.25) is 5.43 Å². The van der Waals surface area contributed by atoms with E-state index in [0.717, 1.165) is 18.9 Å². The van der Waals surface area contributed by atoms with Gasteiger partial charge in [-0.05, 0) is 18.9 Å². The van der Waals surface area contributed by atoms with Crippen LogP contribution in [0, 0.1) is 17.0 Å². The van der Waals surface area contributed by atoms with Gasteiger partial charge < -0.3 is 30.6 Å². The van der Waals surface area contributed by atoms with Gasteiger partial charge in [0, 0.05) is 74.4 Å². The predicted molar refractivity (Wildman–Crippen MR) is 148 cm³/mol. The lowest BCUT2D eigenvalue weighted by atomic mass is 10.0. The molecule has 5 N–H and O–H groups in total. The SMILES string of the molecule is CNc1cc(F)c(F)c2c1[nH]c1ncc(-c3cnc4c(c3)c(=O)c(C(=O)O)cn4C)c(N3CC[C@@]4(C[C@H]4N)C3)c12. The van der Waals surface area contributed by atoms with Gasteiger partial charge in [0.05, 0.1) is 33.1 Å². The summed E-state index contributed by atoms with van der Waals surface area (Å²) in [6, 6.07) is 2.76. The van der Waals surface area contributed by atoms with Crippen LogP contribution in [0.15, 0.2) is 35.5 Å². The molecule has 1 spiro atoms. The number of nitrogens with one attached hydrogen (secondary N) is 2. The van der Waals surface area contributed by atoms with Crippen LogP contribution in [0.3, 0.4) is 0 Å². The van der Waals surface area contributed by atoms with E-state index in [1.807, 2.05) is 0 Å². The number of hydrogen-bond donors (Lipinski definition) is 4. The number of fused-ring (bicyclic) bond motifs is 4. The minimum absolute atomic E-state index is 0.0349. The first-order chi connectivity index (χ1) is 19.1. The zero-order chi connectivity index (χ0) is 28.1. The summed E-state index contributed by atoms with van der Waals surface area (Å²) >= 11 is 0. The molecule has 0 amide bonds. The Morgan fingerprint density at radius 3 is 2.70 bits per heavy atom. The summed E-state index contributed by atoms with van der Waals surface area (Å²) < 4.78 is 31.8. The number of halogens is 2. The van der Waals surface area contributed by atoms with E-state index in [2.05, 4.69) is 25.2 Å². The number of aromatic nitrogens is 4. The van der Waals surface area contributed by atoms with Crippen LogP contribution in [0.4, 0.5) is 20.2 Å². The topological polar surface area (TPSA) is 142 Å². The average molecular weight is 546 g/mol. The smallest absolute Gasteiger partial charge is 0.341 e. The van der Waals surface area contributed by atoms with Gasteiger partial charge in [-0.1, -0.05) is 0 Å². The maximum Gasteiger partial charge on any atom is 0.341 e. The van der Waals surface area contributed by atoms with Crippen LogP contribution in [0.1, 0.15) is 23.2 Å². The molecule has 2 atom stereocenters. The van der Waals surface area contributed by atoms with Crippen molar-refractivity contribution in [3.05, 3.63) is 58.1 Å². The molecule has 10 nitrogen and oxygen atoms in total. The highest BCUT2D eigenvalue weighted by atomic mass is 19.2. The molecule has 0 unspecified atom stereocenters. The van der Waals surface area contributed by atoms with Crippen molar-refractivity contribution in [2.45, 2.75) is 18.9 Å². The largest absolute Gasteiger partial charge is 0.477 e. The Morgan fingerprint density at radius 2 is 2.02 bits per heavy atom. The van der Waals surface area contributed by atoms with Crippen molar-refractivity contribution >= 4 is 50.3 Å². The molecule has 12 heteroatoms. The number of rotatable bonds is 4. The van der Waals surface area contributed by atoms with Crippen LogP contribution in [0.5, 0.6) is 0 Å². The maximum atomic E-state index is 15.5. The molecule has 1 aromatic carbocycles. The van der Waals surface area contributed by atoms with Crippen molar-refractivity contribution in [3.8, 4) is 11.1 Å². The lowest BCUT2D eigenvalue weighted by Gasteiger charge is -2.24. The zero-order valence-electron chi connectivity index (χ0n) is 21.7. The predicted octanol–water partition coefficient (Wildman–Crippen LogP) is 3.58. The summed E-state index contributed by atoms with van der Waals surface area (Å²) in [4.78, 5) is 39.1. The second-order valence-corrected chi connectivity index (χ2v) is 10.8. The molecule has 5 aromatic rings. The summed E-state index contributed by atoms with van der Waals surface area (Å²) in [5, 5.41) is 13.1. The minimum atomic E-state index is -1.34. The maximum absolute atomic E-state index is 15.5. The van der Waals surface area contributed by atoms with Crippen molar-refractivity contribution in [2.75, 3.05) is 30.4 Å². The van der Waals surface area contributed by atoms with Gasteiger partial charge in [-0.15, -0.1) is 0 Å². The highest BCUT2D eigenvalue weighted by Crippen LogP contribution is 2.54. The number of carboxylic acids is 1. The van der Waals surface area contributed by atoms with Crippen LogP contribution < -0.4 is 21.4 Å².